The Bertz CT molecular complexity index is 2500. The highest BCUT2D eigenvalue weighted by Crippen LogP contribution is 2.36. The van der Waals surface area contributed by atoms with E-state index < -0.39 is 9.05 Å². The Hall–Kier alpha value is -5.43. The number of hydrogen-bond donors (Lipinski definition) is 0. The molecule has 0 amide bonds. The predicted octanol–water partition coefficient (Wildman–Crippen LogP) is 10.7. The van der Waals surface area contributed by atoms with Crippen molar-refractivity contribution in [3.63, 3.8) is 0 Å². The van der Waals surface area contributed by atoms with Crippen molar-refractivity contribution in [2.45, 2.75) is 40.8 Å². The van der Waals surface area contributed by atoms with Crippen LogP contribution >= 0.6 is 26.6 Å². The number of ether oxygens (including phenoxy) is 2. The van der Waals surface area contributed by atoms with E-state index in [4.69, 9.17) is 15.0 Å². The fourth-order valence-corrected chi connectivity index (χ4v) is 6.39. The highest BCUT2D eigenvalue weighted by atomic mass is 79.9. The van der Waals surface area contributed by atoms with Crippen molar-refractivity contribution in [2.75, 3.05) is 31.3 Å². The van der Waals surface area contributed by atoms with Crippen LogP contribution in [0.5, 0.6) is 11.5 Å². The predicted molar refractivity (Wildman–Crippen MR) is 224 cm³/mol. The van der Waals surface area contributed by atoms with Crippen molar-refractivity contribution in [3.8, 4) is 46.2 Å². The van der Waals surface area contributed by atoms with Gasteiger partial charge in [-0.1, -0.05) is 45.3 Å². The normalized spacial score (nSPS) is 10.6. The van der Waals surface area contributed by atoms with Crippen molar-refractivity contribution in [1.82, 2.24) is 9.13 Å². The molecule has 0 fully saturated rings. The van der Waals surface area contributed by atoms with Crippen molar-refractivity contribution in [3.05, 3.63) is 118 Å². The molecule has 2 heterocycles. The molecule has 0 atom stereocenters. The first-order valence-electron chi connectivity index (χ1n) is 17.4. The smallest absolute Gasteiger partial charge is 0.229 e. The van der Waals surface area contributed by atoms with E-state index in [2.05, 4.69) is 104 Å². The van der Waals surface area contributed by atoms with Gasteiger partial charge >= 0.3 is 0 Å². The van der Waals surface area contributed by atoms with Gasteiger partial charge in [0, 0.05) is 44.8 Å². The molecule has 284 valence electrons. The number of aromatic nitrogens is 2. The van der Waals surface area contributed by atoms with Gasteiger partial charge in [-0.2, -0.15) is 10.5 Å². The third kappa shape index (κ3) is 10.8. The van der Waals surface area contributed by atoms with E-state index in [0.29, 0.717) is 31.1 Å². The van der Waals surface area contributed by atoms with Crippen molar-refractivity contribution in [1.29, 1.82) is 10.5 Å². The molecule has 0 aliphatic rings. The Kier molecular flexibility index (Phi) is 15.2. The molecule has 0 unspecified atom stereocenters. The number of rotatable bonds is 11. The molecule has 14 heteroatoms. The maximum absolute atomic E-state index is 9.75. The summed E-state index contributed by atoms with van der Waals surface area (Å²) in [6.45, 7) is 11.2. The number of hydrogen-bond acceptors (Lipinski definition) is 7. The molecule has 0 N–H and O–H groups in total. The van der Waals surface area contributed by atoms with E-state index in [1.165, 1.54) is 11.1 Å². The van der Waals surface area contributed by atoms with Crippen molar-refractivity contribution >= 4 is 57.5 Å². The number of nitriles is 2. The number of aryl methyl sites for hydroxylation is 4. The van der Waals surface area contributed by atoms with Crippen LogP contribution in [0.4, 0.5) is 0 Å². The van der Waals surface area contributed by atoms with E-state index in [1.54, 1.807) is 0 Å². The quantitative estimate of drug-likeness (QED) is 0.0315. The van der Waals surface area contributed by atoms with Crippen molar-refractivity contribution in [2.24, 2.45) is 5.11 Å². The van der Waals surface area contributed by atoms with Gasteiger partial charge in [0.05, 0.1) is 59.6 Å². The zero-order chi connectivity index (χ0) is 40.1. The van der Waals surface area contributed by atoms with Crippen LogP contribution in [0.15, 0.2) is 90.0 Å². The van der Waals surface area contributed by atoms with Crippen LogP contribution in [0.2, 0.25) is 0 Å². The van der Waals surface area contributed by atoms with Crippen LogP contribution in [0, 0.1) is 36.5 Å². The molecule has 55 heavy (non-hydrogen) atoms. The maximum Gasteiger partial charge on any atom is 0.229 e. The summed E-state index contributed by atoms with van der Waals surface area (Å²) in [6, 6.07) is 32.8. The summed E-state index contributed by atoms with van der Waals surface area (Å²) in [5.74, 6) is 1.54. The molecular formula is C41H41BrClN7O4S. The molecule has 4 aromatic carbocycles. The number of halogens is 2. The zero-order valence-electron chi connectivity index (χ0n) is 31.3. The van der Waals surface area contributed by atoms with Gasteiger partial charge in [0.15, 0.2) is 0 Å². The van der Waals surface area contributed by atoms with Gasteiger partial charge < -0.3 is 18.6 Å². The van der Waals surface area contributed by atoms with Crippen molar-refractivity contribution < 1.29 is 17.9 Å². The standard InChI is InChI=1S/C20H19BrN2O.C20H19N5O.CH3ClO2S/c1-3-23-19-12-14(2)4-9-17(19)18(13-22)20(23)15-5-7-16(8-6-15)24-11-10-21;1-3-25-19-12-14(2)4-9-17(19)18(13-21)20(25)15-5-7-16(8-6-15)26-11-10-23-24-22;1-5(2,3)4/h4-9,12H,3,10-11H2,1-2H3;4-9,12H,3,10-11H2,1-2H3;1H3. The fraction of sp³-hybridized carbons (Fsp3) is 0.268. The van der Waals surface area contributed by atoms with E-state index in [9.17, 15) is 18.9 Å². The lowest BCUT2D eigenvalue weighted by Gasteiger charge is -2.10. The summed E-state index contributed by atoms with van der Waals surface area (Å²) in [6.07, 6.45) is 0.925. The van der Waals surface area contributed by atoms with Crippen LogP contribution in [-0.2, 0) is 22.1 Å². The number of fused-ring (bicyclic) bond motifs is 2. The third-order valence-corrected chi connectivity index (χ3v) is 8.74. The van der Waals surface area contributed by atoms with E-state index >= 15 is 0 Å². The second-order valence-corrected chi connectivity index (χ2v) is 16.1. The summed E-state index contributed by atoms with van der Waals surface area (Å²) in [5, 5.41) is 25.7. The molecule has 11 nitrogen and oxygen atoms in total. The molecular weight excluding hydrogens is 802 g/mol. The molecule has 0 aliphatic carbocycles. The van der Waals surface area contributed by atoms with E-state index in [0.717, 1.165) is 80.3 Å². The highest BCUT2D eigenvalue weighted by Gasteiger charge is 2.19. The van der Waals surface area contributed by atoms with Crippen LogP contribution in [0.3, 0.4) is 0 Å². The third-order valence-electron chi connectivity index (χ3n) is 8.42. The van der Waals surface area contributed by atoms with Gasteiger partial charge in [0.2, 0.25) is 9.05 Å². The minimum Gasteiger partial charge on any atom is -0.493 e. The summed E-state index contributed by atoms with van der Waals surface area (Å²) < 4.78 is 34.4. The molecule has 0 spiro atoms. The second kappa shape index (κ2) is 19.8. The summed E-state index contributed by atoms with van der Waals surface area (Å²) in [7, 11) is 1.31. The van der Waals surface area contributed by atoms with Crippen LogP contribution in [0.1, 0.15) is 36.1 Å². The molecule has 0 aliphatic heterocycles. The Morgan fingerprint density at radius 3 is 1.51 bits per heavy atom. The van der Waals surface area contributed by atoms with Gasteiger partial charge in [-0.05, 0) is 116 Å². The van der Waals surface area contributed by atoms with Gasteiger partial charge in [-0.25, -0.2) is 8.42 Å². The Morgan fingerprint density at radius 2 is 1.16 bits per heavy atom. The maximum atomic E-state index is 9.75. The second-order valence-electron chi connectivity index (χ2n) is 12.3. The van der Waals surface area contributed by atoms with Crippen LogP contribution in [0.25, 0.3) is 54.8 Å². The van der Waals surface area contributed by atoms with Gasteiger partial charge in [0.1, 0.15) is 23.6 Å². The van der Waals surface area contributed by atoms with E-state index in [1.807, 2.05) is 66.7 Å². The Labute approximate surface area is 334 Å². The first kappa shape index (κ1) is 42.3. The zero-order valence-corrected chi connectivity index (χ0v) is 34.4. The molecule has 0 radical (unpaired) electrons. The highest BCUT2D eigenvalue weighted by molar-refractivity contribution is 9.09. The number of alkyl halides is 1. The number of benzene rings is 4. The molecule has 0 bridgehead atoms. The average molecular weight is 843 g/mol. The SMILES string of the molecule is CCn1c(-c2ccc(OCCBr)cc2)c(C#N)c2ccc(C)cc21.CCn1c(-c2ccc(OCCN=[N+]=[N-])cc2)c(C#N)c2ccc(C)cc21.CS(=O)(=O)Cl. The molecule has 6 rings (SSSR count). The summed E-state index contributed by atoms with van der Waals surface area (Å²) in [5.41, 5.74) is 18.2. The van der Waals surface area contributed by atoms with E-state index in [-0.39, 0.29) is 0 Å². The lowest BCUT2D eigenvalue weighted by molar-refractivity contribution is 0.328. The van der Waals surface area contributed by atoms with Gasteiger partial charge in [0.25, 0.3) is 0 Å². The van der Waals surface area contributed by atoms with Crippen LogP contribution < -0.4 is 9.47 Å². The Balaban J connectivity index is 0.000000219. The monoisotopic (exact) mass is 841 g/mol. The van der Waals surface area contributed by atoms with Crippen LogP contribution in [-0.4, -0.2) is 48.9 Å². The number of nitrogens with zero attached hydrogens (tertiary/aromatic N) is 7. The lowest BCUT2D eigenvalue weighted by Crippen LogP contribution is -2.00. The molecule has 6 aromatic rings. The Morgan fingerprint density at radius 1 is 0.764 bits per heavy atom. The first-order valence-corrected chi connectivity index (χ1v) is 21.2. The molecule has 0 saturated carbocycles. The number of azide groups is 1. The lowest BCUT2D eigenvalue weighted by atomic mass is 10.1. The van der Waals surface area contributed by atoms with Gasteiger partial charge in [-0.3, -0.25) is 0 Å². The summed E-state index contributed by atoms with van der Waals surface area (Å²) in [4.78, 5) is 2.70. The summed E-state index contributed by atoms with van der Waals surface area (Å²) >= 11 is 3.36. The fourth-order valence-electron chi connectivity index (χ4n) is 6.23. The topological polar surface area (TPSA) is 159 Å². The minimum absolute atomic E-state index is 0.292. The molecule has 2 aromatic heterocycles. The largest absolute Gasteiger partial charge is 0.493 e. The first-order chi connectivity index (χ1) is 26.4. The molecule has 0 saturated heterocycles. The van der Waals surface area contributed by atoms with Gasteiger partial charge in [-0.15, -0.1) is 0 Å². The minimum atomic E-state index is -3.19. The average Bonchev–Trinajstić information content (AvgIpc) is 3.66.